The number of sulfone groups is 1. The van der Waals surface area contributed by atoms with Gasteiger partial charge in [-0.1, -0.05) is 12.1 Å². The van der Waals surface area contributed by atoms with E-state index in [4.69, 9.17) is 9.47 Å². The summed E-state index contributed by atoms with van der Waals surface area (Å²) >= 11 is 0. The number of carbonyl (C=O) groups is 1. The van der Waals surface area contributed by atoms with E-state index in [1.54, 1.807) is 18.2 Å². The van der Waals surface area contributed by atoms with E-state index in [1.807, 2.05) is 0 Å². The Morgan fingerprint density at radius 3 is 2.71 bits per heavy atom. The summed E-state index contributed by atoms with van der Waals surface area (Å²) in [5.41, 5.74) is 0. The molecule has 0 aliphatic carbocycles. The van der Waals surface area contributed by atoms with Crippen LogP contribution in [0, 0.1) is 11.8 Å². The highest BCUT2D eigenvalue weighted by atomic mass is 32.2. The summed E-state index contributed by atoms with van der Waals surface area (Å²) in [6, 6.07) is 6.41. The van der Waals surface area contributed by atoms with E-state index in [9.17, 15) is 18.3 Å². The molecule has 2 unspecified atom stereocenters. The fourth-order valence-corrected chi connectivity index (χ4v) is 4.33. The maximum absolute atomic E-state index is 11.9. The zero-order chi connectivity index (χ0) is 15.5. The molecule has 1 aromatic rings. The molecule has 1 fully saturated rings. The van der Waals surface area contributed by atoms with Crippen LogP contribution in [0.4, 0.5) is 0 Å². The van der Waals surface area contributed by atoms with Crippen molar-refractivity contribution >= 4 is 15.8 Å². The number of ether oxygens (including phenoxy) is 2. The van der Waals surface area contributed by atoms with Crippen LogP contribution in [-0.2, 0) is 19.4 Å². The van der Waals surface area contributed by atoms with Gasteiger partial charge in [0.25, 0.3) is 0 Å². The number of benzene rings is 1. The largest absolute Gasteiger partial charge is 0.504 e. The van der Waals surface area contributed by atoms with Crippen molar-refractivity contribution in [3.8, 4) is 11.5 Å². The molecule has 0 spiro atoms. The molecule has 1 aliphatic heterocycles. The Morgan fingerprint density at radius 2 is 2.14 bits per heavy atom. The van der Waals surface area contributed by atoms with Crippen molar-refractivity contribution in [2.75, 3.05) is 25.2 Å². The van der Waals surface area contributed by atoms with Crippen LogP contribution in [0.3, 0.4) is 0 Å². The van der Waals surface area contributed by atoms with Crippen LogP contribution < -0.4 is 4.74 Å². The number of esters is 1. The Bertz CT molecular complexity index is 610. The van der Waals surface area contributed by atoms with E-state index >= 15 is 0 Å². The van der Waals surface area contributed by atoms with Gasteiger partial charge in [-0.3, -0.25) is 4.79 Å². The number of phenolic OH excluding ortho intramolecular Hbond substituents is 1. The number of phenols is 1. The third-order valence-corrected chi connectivity index (χ3v) is 5.42. The van der Waals surface area contributed by atoms with Crippen molar-refractivity contribution in [3.05, 3.63) is 24.3 Å². The quantitative estimate of drug-likeness (QED) is 0.815. The molecular formula is C14H18O6S. The molecule has 0 saturated carbocycles. The zero-order valence-electron chi connectivity index (χ0n) is 11.7. The van der Waals surface area contributed by atoms with Crippen molar-refractivity contribution in [1.82, 2.24) is 0 Å². The predicted octanol–water partition coefficient (Wildman–Crippen LogP) is 0.995. The van der Waals surface area contributed by atoms with Gasteiger partial charge < -0.3 is 14.6 Å². The minimum absolute atomic E-state index is 0.0234. The van der Waals surface area contributed by atoms with Gasteiger partial charge in [-0.05, 0) is 24.5 Å². The summed E-state index contributed by atoms with van der Waals surface area (Å²) in [5.74, 6) is -1.18. The van der Waals surface area contributed by atoms with Crippen LogP contribution in [-0.4, -0.2) is 44.7 Å². The highest BCUT2D eigenvalue weighted by Gasteiger charge is 2.38. The Hall–Kier alpha value is -1.76. The van der Waals surface area contributed by atoms with Gasteiger partial charge in [0.1, 0.15) is 6.61 Å². The molecule has 0 radical (unpaired) electrons. The van der Waals surface area contributed by atoms with Crippen LogP contribution >= 0.6 is 0 Å². The van der Waals surface area contributed by atoms with Gasteiger partial charge in [-0.25, -0.2) is 8.42 Å². The van der Waals surface area contributed by atoms with E-state index in [-0.39, 0.29) is 35.5 Å². The molecule has 7 heteroatoms. The lowest BCUT2D eigenvalue weighted by atomic mass is 9.92. The summed E-state index contributed by atoms with van der Waals surface area (Å²) < 4.78 is 33.3. The lowest BCUT2D eigenvalue weighted by Gasteiger charge is -2.20. The Labute approximate surface area is 123 Å². The first kappa shape index (κ1) is 15.6. The van der Waals surface area contributed by atoms with Gasteiger partial charge >= 0.3 is 5.97 Å². The van der Waals surface area contributed by atoms with Gasteiger partial charge in [0.2, 0.25) is 0 Å². The average Bonchev–Trinajstić information content (AvgIpc) is 2.80. The molecule has 116 valence electrons. The third-order valence-electron chi connectivity index (χ3n) is 3.62. The molecule has 0 amide bonds. The normalized spacial score (nSPS) is 21.7. The van der Waals surface area contributed by atoms with Crippen molar-refractivity contribution < 1.29 is 27.8 Å². The molecule has 21 heavy (non-hydrogen) atoms. The van der Waals surface area contributed by atoms with Crippen LogP contribution in [0.1, 0.15) is 6.42 Å². The average molecular weight is 314 g/mol. The summed E-state index contributed by atoms with van der Waals surface area (Å²) in [5, 5.41) is 9.63. The second-order valence-corrected chi connectivity index (χ2v) is 7.30. The monoisotopic (exact) mass is 314 g/mol. The van der Waals surface area contributed by atoms with Gasteiger partial charge in [0.15, 0.2) is 21.3 Å². The van der Waals surface area contributed by atoms with Crippen molar-refractivity contribution in [3.63, 3.8) is 0 Å². The molecule has 1 aromatic carbocycles. The number of hydrogen-bond donors (Lipinski definition) is 1. The Kier molecular flexibility index (Phi) is 4.72. The number of carbonyl (C=O) groups excluding carboxylic acids is 1. The maximum atomic E-state index is 11.9. The first-order chi connectivity index (χ1) is 9.93. The smallest absolute Gasteiger partial charge is 0.312 e. The van der Waals surface area contributed by atoms with Crippen LogP contribution in [0.25, 0.3) is 0 Å². The molecule has 1 heterocycles. The van der Waals surface area contributed by atoms with E-state index in [0.29, 0.717) is 6.42 Å². The highest BCUT2D eigenvalue weighted by molar-refractivity contribution is 7.91. The molecule has 0 aromatic heterocycles. The molecule has 1 N–H and O–H groups in total. The predicted molar refractivity (Wildman–Crippen MR) is 75.9 cm³/mol. The zero-order valence-corrected chi connectivity index (χ0v) is 12.5. The number of rotatable bonds is 5. The number of methoxy groups -OCH3 is 1. The lowest BCUT2D eigenvalue weighted by molar-refractivity contribution is -0.148. The first-order valence-corrected chi connectivity index (χ1v) is 8.44. The van der Waals surface area contributed by atoms with Crippen molar-refractivity contribution in [2.24, 2.45) is 11.8 Å². The highest BCUT2D eigenvalue weighted by Crippen LogP contribution is 2.30. The molecule has 2 rings (SSSR count). The second-order valence-electron chi connectivity index (χ2n) is 5.07. The second kappa shape index (κ2) is 6.34. The first-order valence-electron chi connectivity index (χ1n) is 6.62. The summed E-state index contributed by atoms with van der Waals surface area (Å²) in [6.45, 7) is -0.0234. The molecule has 1 saturated heterocycles. The molecule has 0 bridgehead atoms. The minimum Gasteiger partial charge on any atom is -0.504 e. The van der Waals surface area contributed by atoms with Gasteiger partial charge in [-0.2, -0.15) is 0 Å². The number of aromatic hydroxyl groups is 1. The van der Waals surface area contributed by atoms with Gasteiger partial charge in [0.05, 0.1) is 24.5 Å². The third kappa shape index (κ3) is 3.87. The molecular weight excluding hydrogens is 296 g/mol. The summed E-state index contributed by atoms with van der Waals surface area (Å²) in [6.07, 6.45) is 0.423. The fraction of sp³-hybridized carbons (Fsp3) is 0.500. The minimum atomic E-state index is -3.09. The van der Waals surface area contributed by atoms with Crippen LogP contribution in [0.5, 0.6) is 11.5 Å². The number of hydrogen-bond acceptors (Lipinski definition) is 6. The fourth-order valence-electron chi connectivity index (χ4n) is 2.45. The van der Waals surface area contributed by atoms with Gasteiger partial charge in [-0.15, -0.1) is 0 Å². The summed E-state index contributed by atoms with van der Waals surface area (Å²) in [7, 11) is -1.82. The summed E-state index contributed by atoms with van der Waals surface area (Å²) in [4.78, 5) is 11.9. The lowest BCUT2D eigenvalue weighted by Crippen LogP contribution is -2.31. The van der Waals surface area contributed by atoms with Gasteiger partial charge in [0, 0.05) is 0 Å². The number of para-hydroxylation sites is 2. The maximum Gasteiger partial charge on any atom is 0.312 e. The van der Waals surface area contributed by atoms with Crippen molar-refractivity contribution in [1.29, 1.82) is 0 Å². The molecule has 1 aliphatic rings. The van der Waals surface area contributed by atoms with Crippen LogP contribution in [0.15, 0.2) is 24.3 Å². The Morgan fingerprint density at radius 1 is 1.43 bits per heavy atom. The van der Waals surface area contributed by atoms with E-state index in [2.05, 4.69) is 0 Å². The SMILES string of the molecule is COC(=O)C(COc1ccccc1O)C1CCS(=O)(=O)C1. The van der Waals surface area contributed by atoms with Crippen LogP contribution in [0.2, 0.25) is 0 Å². The van der Waals surface area contributed by atoms with Crippen molar-refractivity contribution in [2.45, 2.75) is 6.42 Å². The molecule has 6 nitrogen and oxygen atoms in total. The standard InChI is InChI=1S/C14H18O6S/c1-19-14(16)11(10-6-7-21(17,18)9-10)8-20-13-5-3-2-4-12(13)15/h2-5,10-11,15H,6-9H2,1H3. The Balaban J connectivity index is 2.08. The van der Waals surface area contributed by atoms with E-state index in [0.717, 1.165) is 0 Å². The topological polar surface area (TPSA) is 89.9 Å². The molecule has 2 atom stereocenters. The van der Waals surface area contributed by atoms with E-state index < -0.39 is 21.7 Å². The van der Waals surface area contributed by atoms with E-state index in [1.165, 1.54) is 13.2 Å².